The lowest BCUT2D eigenvalue weighted by atomic mass is 10.1. The quantitative estimate of drug-likeness (QED) is 0.772. The minimum absolute atomic E-state index is 0.301. The van der Waals surface area contributed by atoms with Crippen LogP contribution in [0.3, 0.4) is 0 Å². The van der Waals surface area contributed by atoms with Crippen LogP contribution in [0.25, 0.3) is 0 Å². The van der Waals surface area contributed by atoms with Gasteiger partial charge < -0.3 is 9.47 Å². The van der Waals surface area contributed by atoms with E-state index < -0.39 is 18.9 Å². The molecule has 0 aromatic heterocycles. The van der Waals surface area contributed by atoms with Crippen molar-refractivity contribution >= 4 is 15.9 Å². The Balaban J connectivity index is 2.66. The lowest BCUT2D eigenvalue weighted by Gasteiger charge is -2.17. The van der Waals surface area contributed by atoms with Gasteiger partial charge in [0.25, 0.3) is 0 Å². The maximum absolute atomic E-state index is 12.0. The van der Waals surface area contributed by atoms with Crippen LogP contribution in [0.15, 0.2) is 24.3 Å². The Morgan fingerprint density at radius 1 is 1.24 bits per heavy atom. The van der Waals surface area contributed by atoms with Crippen LogP contribution in [0.1, 0.15) is 11.7 Å². The van der Waals surface area contributed by atoms with E-state index in [4.69, 9.17) is 9.47 Å². The molecule has 0 spiro atoms. The van der Waals surface area contributed by atoms with Gasteiger partial charge in [0.1, 0.15) is 12.4 Å². The average molecular weight is 313 g/mol. The van der Waals surface area contributed by atoms with Crippen molar-refractivity contribution in [2.45, 2.75) is 12.3 Å². The molecule has 0 amide bonds. The van der Waals surface area contributed by atoms with E-state index in [2.05, 4.69) is 15.9 Å². The predicted molar refractivity (Wildman–Crippen MR) is 61.5 cm³/mol. The largest absolute Gasteiger partial charge is 0.497 e. The zero-order valence-corrected chi connectivity index (χ0v) is 10.7. The fourth-order valence-electron chi connectivity index (χ4n) is 1.24. The van der Waals surface area contributed by atoms with Gasteiger partial charge in [-0.1, -0.05) is 28.1 Å². The molecule has 6 heteroatoms. The van der Waals surface area contributed by atoms with Crippen LogP contribution in [0.4, 0.5) is 13.2 Å². The van der Waals surface area contributed by atoms with Crippen molar-refractivity contribution in [3.05, 3.63) is 29.8 Å². The van der Waals surface area contributed by atoms with Crippen molar-refractivity contribution in [1.29, 1.82) is 0 Å². The minimum atomic E-state index is -4.31. The molecule has 0 aliphatic heterocycles. The summed E-state index contributed by atoms with van der Waals surface area (Å²) in [5.74, 6) is 0.651. The third-order valence-electron chi connectivity index (χ3n) is 2.08. The van der Waals surface area contributed by atoms with Crippen LogP contribution < -0.4 is 4.74 Å². The minimum Gasteiger partial charge on any atom is -0.497 e. The second kappa shape index (κ2) is 6.26. The van der Waals surface area contributed by atoms with Crippen molar-refractivity contribution in [1.82, 2.24) is 0 Å². The van der Waals surface area contributed by atoms with Gasteiger partial charge in [-0.05, 0) is 17.7 Å². The average Bonchev–Trinajstić information content (AvgIpc) is 2.29. The third-order valence-corrected chi connectivity index (χ3v) is 2.66. The van der Waals surface area contributed by atoms with Gasteiger partial charge in [0.05, 0.1) is 13.2 Å². The molecule has 1 unspecified atom stereocenters. The molecule has 1 aromatic rings. The zero-order valence-electron chi connectivity index (χ0n) is 9.13. The Kier molecular flexibility index (Phi) is 5.27. The standard InChI is InChI=1S/C11H12BrF3O2/c1-16-9-4-2-8(3-5-9)10(6-12)17-7-11(13,14)15/h2-5,10H,6-7H2,1H3. The van der Waals surface area contributed by atoms with Crippen molar-refractivity contribution in [3.63, 3.8) is 0 Å². The summed E-state index contributed by atoms with van der Waals surface area (Å²) in [6, 6.07) is 6.73. The number of hydrogen-bond donors (Lipinski definition) is 0. The monoisotopic (exact) mass is 312 g/mol. The first-order chi connectivity index (χ1) is 7.96. The van der Waals surface area contributed by atoms with Crippen molar-refractivity contribution in [2.75, 3.05) is 19.0 Å². The highest BCUT2D eigenvalue weighted by Crippen LogP contribution is 2.25. The first kappa shape index (κ1) is 14.3. The molecule has 1 aromatic carbocycles. The number of benzene rings is 1. The van der Waals surface area contributed by atoms with E-state index >= 15 is 0 Å². The van der Waals surface area contributed by atoms with E-state index in [0.717, 1.165) is 0 Å². The van der Waals surface area contributed by atoms with Crippen LogP contribution in [0.2, 0.25) is 0 Å². The molecule has 0 N–H and O–H groups in total. The fourth-order valence-corrected chi connectivity index (χ4v) is 1.80. The van der Waals surface area contributed by atoms with Gasteiger partial charge in [-0.3, -0.25) is 0 Å². The van der Waals surface area contributed by atoms with E-state index in [9.17, 15) is 13.2 Å². The molecule has 0 fully saturated rings. The molecule has 0 saturated heterocycles. The van der Waals surface area contributed by atoms with Gasteiger partial charge in [0, 0.05) is 5.33 Å². The summed E-state index contributed by atoms with van der Waals surface area (Å²) in [4.78, 5) is 0. The summed E-state index contributed by atoms with van der Waals surface area (Å²) < 4.78 is 45.8. The summed E-state index contributed by atoms with van der Waals surface area (Å²) >= 11 is 3.13. The van der Waals surface area contributed by atoms with E-state index in [1.165, 1.54) is 7.11 Å². The number of ether oxygens (including phenoxy) is 2. The maximum atomic E-state index is 12.0. The van der Waals surface area contributed by atoms with Crippen molar-refractivity contribution in [3.8, 4) is 5.75 Å². The van der Waals surface area contributed by atoms with Crippen LogP contribution in [-0.2, 0) is 4.74 Å². The predicted octanol–water partition coefficient (Wildman–Crippen LogP) is 3.71. The lowest BCUT2D eigenvalue weighted by molar-refractivity contribution is -0.183. The number of hydrogen-bond acceptors (Lipinski definition) is 2. The summed E-state index contributed by atoms with van der Waals surface area (Å²) in [6.07, 6.45) is -4.94. The summed E-state index contributed by atoms with van der Waals surface area (Å²) in [6.45, 7) is -1.25. The Morgan fingerprint density at radius 2 is 1.82 bits per heavy atom. The summed E-state index contributed by atoms with van der Waals surface area (Å²) in [5.41, 5.74) is 0.673. The van der Waals surface area contributed by atoms with E-state index in [-0.39, 0.29) is 0 Å². The van der Waals surface area contributed by atoms with Gasteiger partial charge in [-0.2, -0.15) is 13.2 Å². The van der Waals surface area contributed by atoms with Crippen LogP contribution in [-0.4, -0.2) is 25.2 Å². The smallest absolute Gasteiger partial charge is 0.411 e. The SMILES string of the molecule is COc1ccc(C(CBr)OCC(F)(F)F)cc1. The zero-order chi connectivity index (χ0) is 12.9. The molecule has 0 bridgehead atoms. The molecule has 1 rings (SSSR count). The maximum Gasteiger partial charge on any atom is 0.411 e. The van der Waals surface area contributed by atoms with Gasteiger partial charge in [0.2, 0.25) is 0 Å². The first-order valence-corrected chi connectivity index (χ1v) is 5.96. The van der Waals surface area contributed by atoms with Crippen molar-refractivity contribution < 1.29 is 22.6 Å². The molecule has 17 heavy (non-hydrogen) atoms. The third kappa shape index (κ3) is 4.95. The van der Waals surface area contributed by atoms with E-state index in [0.29, 0.717) is 16.6 Å². The Hall–Kier alpha value is -0.750. The number of methoxy groups -OCH3 is 1. The number of rotatable bonds is 5. The number of alkyl halides is 4. The van der Waals surface area contributed by atoms with E-state index in [1.54, 1.807) is 24.3 Å². The second-order valence-electron chi connectivity index (χ2n) is 3.34. The highest BCUT2D eigenvalue weighted by Gasteiger charge is 2.29. The molecule has 2 nitrogen and oxygen atoms in total. The summed E-state index contributed by atoms with van der Waals surface area (Å²) in [5, 5.41) is 0.301. The van der Waals surface area contributed by atoms with Gasteiger partial charge in [0.15, 0.2) is 0 Å². The molecule has 0 saturated carbocycles. The van der Waals surface area contributed by atoms with Crippen molar-refractivity contribution in [2.24, 2.45) is 0 Å². The molecular weight excluding hydrogens is 301 g/mol. The molecule has 1 atom stereocenters. The first-order valence-electron chi connectivity index (χ1n) is 4.84. The topological polar surface area (TPSA) is 18.5 Å². The lowest BCUT2D eigenvalue weighted by Crippen LogP contribution is -2.20. The second-order valence-corrected chi connectivity index (χ2v) is 3.99. The molecule has 96 valence electrons. The Morgan fingerprint density at radius 3 is 2.24 bits per heavy atom. The fraction of sp³-hybridized carbons (Fsp3) is 0.455. The van der Waals surface area contributed by atoms with Gasteiger partial charge in [-0.15, -0.1) is 0 Å². The van der Waals surface area contributed by atoms with Gasteiger partial charge in [-0.25, -0.2) is 0 Å². The molecule has 0 aliphatic carbocycles. The van der Waals surface area contributed by atoms with Crippen LogP contribution in [0, 0.1) is 0 Å². The highest BCUT2D eigenvalue weighted by atomic mass is 79.9. The number of halogens is 4. The molecule has 0 radical (unpaired) electrons. The summed E-state index contributed by atoms with van der Waals surface area (Å²) in [7, 11) is 1.52. The van der Waals surface area contributed by atoms with Crippen LogP contribution in [0.5, 0.6) is 5.75 Å². The Bertz CT molecular complexity index is 338. The van der Waals surface area contributed by atoms with Crippen LogP contribution >= 0.6 is 15.9 Å². The molecular formula is C11H12BrF3O2. The Labute approximate surface area is 106 Å². The molecule has 0 aliphatic rings. The van der Waals surface area contributed by atoms with E-state index in [1.807, 2.05) is 0 Å². The highest BCUT2D eigenvalue weighted by molar-refractivity contribution is 9.09. The van der Waals surface area contributed by atoms with Gasteiger partial charge >= 0.3 is 6.18 Å². The molecule has 0 heterocycles. The normalized spacial score (nSPS) is 13.5.